The second-order valence-electron chi connectivity index (χ2n) is 6.04. The van der Waals surface area contributed by atoms with Gasteiger partial charge >= 0.3 is 0 Å². The summed E-state index contributed by atoms with van der Waals surface area (Å²) in [6.45, 7) is 7.62. The maximum Gasteiger partial charge on any atom is 0.255 e. The molecule has 1 amide bonds. The van der Waals surface area contributed by atoms with Gasteiger partial charge < -0.3 is 9.80 Å². The van der Waals surface area contributed by atoms with Crippen molar-refractivity contribution >= 4 is 23.1 Å². The van der Waals surface area contributed by atoms with Gasteiger partial charge in [0.15, 0.2) is 0 Å². The Labute approximate surface area is 147 Å². The van der Waals surface area contributed by atoms with Crippen molar-refractivity contribution in [2.75, 3.05) is 31.1 Å². The first-order chi connectivity index (χ1) is 11.7. The minimum atomic E-state index is 0.0786. The van der Waals surface area contributed by atoms with Gasteiger partial charge in [-0.1, -0.05) is 0 Å². The molecule has 5 nitrogen and oxygen atoms in total. The van der Waals surface area contributed by atoms with Gasteiger partial charge in [0.05, 0.1) is 10.6 Å². The van der Waals surface area contributed by atoms with E-state index in [4.69, 9.17) is 0 Å². The van der Waals surface area contributed by atoms with Crippen LogP contribution in [0.4, 0.5) is 5.82 Å². The van der Waals surface area contributed by atoms with Crippen LogP contribution in [0.2, 0.25) is 0 Å². The van der Waals surface area contributed by atoms with Crippen LogP contribution in [-0.4, -0.2) is 47.0 Å². The number of nitrogens with zero attached hydrogens (tertiary/aromatic N) is 4. The molecule has 24 heavy (non-hydrogen) atoms. The van der Waals surface area contributed by atoms with E-state index in [-0.39, 0.29) is 5.91 Å². The standard InChI is InChI=1S/C18H24N4OS/c1-3-21(4-2)16-8-7-14(12-20-16)18(23)22-10-5-6-15(13-22)17-19-9-11-24-17/h7-9,11-12,15H,3-6,10,13H2,1-2H3. The highest BCUT2D eigenvalue weighted by Gasteiger charge is 2.27. The Morgan fingerprint density at radius 3 is 2.79 bits per heavy atom. The molecule has 1 aliphatic heterocycles. The van der Waals surface area contributed by atoms with Crippen LogP contribution in [0.1, 0.15) is 48.0 Å². The van der Waals surface area contributed by atoms with Crippen LogP contribution in [0.5, 0.6) is 0 Å². The Hall–Kier alpha value is -1.95. The van der Waals surface area contributed by atoms with Crippen LogP contribution >= 0.6 is 11.3 Å². The molecule has 0 N–H and O–H groups in total. The fourth-order valence-corrected chi connectivity index (χ4v) is 4.00. The quantitative estimate of drug-likeness (QED) is 0.834. The summed E-state index contributed by atoms with van der Waals surface area (Å²) in [6.07, 6.45) is 5.69. The van der Waals surface area contributed by atoms with Crippen molar-refractivity contribution in [1.29, 1.82) is 0 Å². The zero-order chi connectivity index (χ0) is 16.9. The number of piperidine rings is 1. The first-order valence-electron chi connectivity index (χ1n) is 8.62. The summed E-state index contributed by atoms with van der Waals surface area (Å²) in [4.78, 5) is 25.8. The second-order valence-corrected chi connectivity index (χ2v) is 6.96. The molecule has 2 aromatic heterocycles. The lowest BCUT2D eigenvalue weighted by molar-refractivity contribution is 0.0706. The minimum absolute atomic E-state index is 0.0786. The van der Waals surface area contributed by atoms with Crippen molar-refractivity contribution in [3.05, 3.63) is 40.5 Å². The smallest absolute Gasteiger partial charge is 0.255 e. The summed E-state index contributed by atoms with van der Waals surface area (Å²) < 4.78 is 0. The molecule has 0 aliphatic carbocycles. The predicted octanol–water partition coefficient (Wildman–Crippen LogP) is 3.40. The van der Waals surface area contributed by atoms with E-state index < -0.39 is 0 Å². The summed E-state index contributed by atoms with van der Waals surface area (Å²) in [7, 11) is 0. The molecule has 0 radical (unpaired) electrons. The van der Waals surface area contributed by atoms with Gasteiger partial charge in [-0.25, -0.2) is 9.97 Å². The van der Waals surface area contributed by atoms with E-state index in [0.717, 1.165) is 49.8 Å². The number of hydrogen-bond donors (Lipinski definition) is 0. The maximum atomic E-state index is 12.8. The molecule has 2 aromatic rings. The van der Waals surface area contributed by atoms with Crippen molar-refractivity contribution in [2.45, 2.75) is 32.6 Å². The molecule has 1 fully saturated rings. The van der Waals surface area contributed by atoms with Gasteiger partial charge in [0, 0.05) is 49.9 Å². The number of carbonyl (C=O) groups excluding carboxylic acids is 1. The van der Waals surface area contributed by atoms with Crippen LogP contribution < -0.4 is 4.90 Å². The van der Waals surface area contributed by atoms with Crippen molar-refractivity contribution < 1.29 is 4.79 Å². The normalized spacial score (nSPS) is 17.8. The summed E-state index contributed by atoms with van der Waals surface area (Å²) in [5.41, 5.74) is 0.672. The van der Waals surface area contributed by atoms with Crippen molar-refractivity contribution in [3.8, 4) is 0 Å². The largest absolute Gasteiger partial charge is 0.357 e. The molecule has 6 heteroatoms. The van der Waals surface area contributed by atoms with Crippen LogP contribution in [0.3, 0.4) is 0 Å². The van der Waals surface area contributed by atoms with Gasteiger partial charge in [-0.2, -0.15) is 0 Å². The number of carbonyl (C=O) groups is 1. The predicted molar refractivity (Wildman–Crippen MR) is 97.8 cm³/mol. The molecule has 0 spiro atoms. The molecular weight excluding hydrogens is 320 g/mol. The molecule has 128 valence electrons. The van der Waals surface area contributed by atoms with Gasteiger partial charge in [0.1, 0.15) is 5.82 Å². The molecule has 1 saturated heterocycles. The lowest BCUT2D eigenvalue weighted by Crippen LogP contribution is -2.39. The molecule has 1 atom stereocenters. The summed E-state index contributed by atoms with van der Waals surface area (Å²) in [6, 6.07) is 3.85. The Morgan fingerprint density at radius 2 is 2.17 bits per heavy atom. The Balaban J connectivity index is 1.69. The molecule has 0 aromatic carbocycles. The minimum Gasteiger partial charge on any atom is -0.357 e. The second kappa shape index (κ2) is 7.75. The lowest BCUT2D eigenvalue weighted by atomic mass is 9.98. The van der Waals surface area contributed by atoms with Gasteiger partial charge in [-0.05, 0) is 38.8 Å². The van der Waals surface area contributed by atoms with E-state index in [2.05, 4.69) is 28.7 Å². The third-order valence-corrected chi connectivity index (χ3v) is 5.53. The number of thiazole rings is 1. The van der Waals surface area contributed by atoms with Gasteiger partial charge in [0.2, 0.25) is 0 Å². The molecule has 1 unspecified atom stereocenters. The Morgan fingerprint density at radius 1 is 1.33 bits per heavy atom. The number of pyridine rings is 1. The molecule has 0 bridgehead atoms. The van der Waals surface area contributed by atoms with Gasteiger partial charge in [-0.15, -0.1) is 11.3 Å². The topological polar surface area (TPSA) is 49.3 Å². The van der Waals surface area contributed by atoms with E-state index in [0.29, 0.717) is 11.5 Å². The average Bonchev–Trinajstić information content (AvgIpc) is 3.18. The van der Waals surface area contributed by atoms with E-state index >= 15 is 0 Å². The number of aromatic nitrogens is 2. The molecule has 0 saturated carbocycles. The molecular formula is C18H24N4OS. The first-order valence-corrected chi connectivity index (χ1v) is 9.50. The van der Waals surface area contributed by atoms with Crippen LogP contribution in [-0.2, 0) is 0 Å². The van der Waals surface area contributed by atoms with E-state index in [1.54, 1.807) is 17.5 Å². The van der Waals surface area contributed by atoms with Crippen molar-refractivity contribution in [2.24, 2.45) is 0 Å². The third-order valence-electron chi connectivity index (χ3n) is 4.59. The number of amides is 1. The van der Waals surface area contributed by atoms with Crippen LogP contribution in [0, 0.1) is 0 Å². The zero-order valence-corrected chi connectivity index (χ0v) is 15.1. The van der Waals surface area contributed by atoms with Crippen molar-refractivity contribution in [3.63, 3.8) is 0 Å². The molecule has 3 rings (SSSR count). The maximum absolute atomic E-state index is 12.8. The fourth-order valence-electron chi connectivity index (χ4n) is 3.23. The highest BCUT2D eigenvalue weighted by molar-refractivity contribution is 7.09. The van der Waals surface area contributed by atoms with E-state index in [1.165, 1.54) is 0 Å². The van der Waals surface area contributed by atoms with Crippen molar-refractivity contribution in [1.82, 2.24) is 14.9 Å². The fraction of sp³-hybridized carbons (Fsp3) is 0.500. The number of anilines is 1. The number of likely N-dealkylation sites (tertiary alicyclic amines) is 1. The van der Waals surface area contributed by atoms with E-state index in [9.17, 15) is 4.79 Å². The average molecular weight is 344 g/mol. The number of hydrogen-bond acceptors (Lipinski definition) is 5. The first kappa shape index (κ1) is 16.9. The summed E-state index contributed by atoms with van der Waals surface area (Å²) >= 11 is 1.68. The van der Waals surface area contributed by atoms with Gasteiger partial charge in [0.25, 0.3) is 5.91 Å². The SMILES string of the molecule is CCN(CC)c1ccc(C(=O)N2CCCC(c3nccs3)C2)cn1. The van der Waals surface area contributed by atoms with Crippen LogP contribution in [0.25, 0.3) is 0 Å². The summed E-state index contributed by atoms with van der Waals surface area (Å²) in [5, 5.41) is 3.15. The van der Waals surface area contributed by atoms with Crippen LogP contribution in [0.15, 0.2) is 29.9 Å². The third kappa shape index (κ3) is 3.59. The van der Waals surface area contributed by atoms with E-state index in [1.807, 2.05) is 28.6 Å². The Bertz CT molecular complexity index is 652. The lowest BCUT2D eigenvalue weighted by Gasteiger charge is -2.32. The van der Waals surface area contributed by atoms with Gasteiger partial charge in [-0.3, -0.25) is 4.79 Å². The summed E-state index contributed by atoms with van der Waals surface area (Å²) in [5.74, 6) is 1.37. The highest BCUT2D eigenvalue weighted by Crippen LogP contribution is 2.29. The monoisotopic (exact) mass is 344 g/mol. The zero-order valence-electron chi connectivity index (χ0n) is 14.3. The molecule has 3 heterocycles. The Kier molecular flexibility index (Phi) is 5.45. The highest BCUT2D eigenvalue weighted by atomic mass is 32.1. The molecule has 1 aliphatic rings. The number of rotatable bonds is 5.